The number of thioether (sulfide) groups is 1. The summed E-state index contributed by atoms with van der Waals surface area (Å²) >= 11 is 1.41. The lowest BCUT2D eigenvalue weighted by atomic mass is 10.1. The van der Waals surface area contributed by atoms with Crippen LogP contribution in [0.5, 0.6) is 5.75 Å². The second-order valence-corrected chi connectivity index (χ2v) is 9.76. The molecule has 0 heterocycles. The molecule has 6 nitrogen and oxygen atoms in total. The number of methoxy groups -OCH3 is 1. The maximum atomic E-state index is 13.2. The van der Waals surface area contributed by atoms with Crippen LogP contribution in [0.2, 0.25) is 0 Å². The van der Waals surface area contributed by atoms with E-state index in [2.05, 4.69) is 10.6 Å². The Balaban J connectivity index is 1.42. The summed E-state index contributed by atoms with van der Waals surface area (Å²) in [5.41, 5.74) is 3.64. The molecule has 7 heteroatoms. The van der Waals surface area contributed by atoms with Crippen molar-refractivity contribution in [2.75, 3.05) is 18.2 Å². The minimum absolute atomic E-state index is 0.0140. The van der Waals surface area contributed by atoms with Gasteiger partial charge in [-0.2, -0.15) is 0 Å². The fourth-order valence-electron chi connectivity index (χ4n) is 3.61. The van der Waals surface area contributed by atoms with E-state index in [9.17, 15) is 14.4 Å². The number of carbonyl (C=O) groups is 3. The highest BCUT2D eigenvalue weighted by Crippen LogP contribution is 2.22. The van der Waals surface area contributed by atoms with Crippen molar-refractivity contribution in [1.82, 2.24) is 5.32 Å². The number of benzene rings is 4. The number of hydrogen-bond donors (Lipinski definition) is 2. The van der Waals surface area contributed by atoms with E-state index in [1.807, 2.05) is 49.4 Å². The molecular formula is C32H28N2O4S. The van der Waals surface area contributed by atoms with Crippen molar-refractivity contribution in [2.45, 2.75) is 11.8 Å². The lowest BCUT2D eigenvalue weighted by Crippen LogP contribution is -2.30. The molecule has 0 unspecified atom stereocenters. The Labute approximate surface area is 232 Å². The van der Waals surface area contributed by atoms with Crippen LogP contribution in [0.1, 0.15) is 31.8 Å². The lowest BCUT2D eigenvalue weighted by Gasteiger charge is -2.12. The van der Waals surface area contributed by atoms with E-state index in [0.29, 0.717) is 22.6 Å². The average molecular weight is 537 g/mol. The summed E-state index contributed by atoms with van der Waals surface area (Å²) in [6.45, 7) is 1.98. The molecule has 0 radical (unpaired) electrons. The summed E-state index contributed by atoms with van der Waals surface area (Å²) in [4.78, 5) is 39.4. The number of Topliss-reactive ketones (excluding diaryl/α,β-unsaturated/α-hetero) is 1. The second kappa shape index (κ2) is 13.3. The molecule has 0 saturated heterocycles. The highest BCUT2D eigenvalue weighted by molar-refractivity contribution is 8.00. The summed E-state index contributed by atoms with van der Waals surface area (Å²) in [5.74, 6) is 0.174. The first-order valence-electron chi connectivity index (χ1n) is 12.3. The summed E-state index contributed by atoms with van der Waals surface area (Å²) in [7, 11) is 1.58. The number of amides is 2. The maximum Gasteiger partial charge on any atom is 0.272 e. The maximum absolute atomic E-state index is 13.2. The van der Waals surface area contributed by atoms with Crippen LogP contribution in [0.4, 0.5) is 5.69 Å². The van der Waals surface area contributed by atoms with Crippen LogP contribution in [-0.4, -0.2) is 30.5 Å². The molecule has 0 atom stereocenters. The van der Waals surface area contributed by atoms with Crippen molar-refractivity contribution in [3.05, 3.63) is 131 Å². The van der Waals surface area contributed by atoms with E-state index in [0.717, 1.165) is 16.0 Å². The summed E-state index contributed by atoms with van der Waals surface area (Å²) < 4.78 is 5.13. The van der Waals surface area contributed by atoms with Crippen LogP contribution in [0.3, 0.4) is 0 Å². The molecule has 0 spiro atoms. The molecule has 4 rings (SSSR count). The number of carbonyl (C=O) groups excluding carboxylic acids is 3. The van der Waals surface area contributed by atoms with Crippen molar-refractivity contribution in [2.24, 2.45) is 0 Å². The quantitative estimate of drug-likeness (QED) is 0.139. The Morgan fingerprint density at radius 1 is 0.795 bits per heavy atom. The third kappa shape index (κ3) is 7.93. The van der Waals surface area contributed by atoms with E-state index in [1.54, 1.807) is 73.8 Å². The monoisotopic (exact) mass is 536 g/mol. The Hall–Kier alpha value is -4.62. The SMILES string of the molecule is COc1ccc(C(=O)CSc2ccc(NC(=O)/C(=C/c3ccc(C)cc3)NC(=O)c3ccccc3)cc2)cc1. The van der Waals surface area contributed by atoms with Crippen LogP contribution in [-0.2, 0) is 4.79 Å². The summed E-state index contributed by atoms with van der Waals surface area (Å²) in [5, 5.41) is 5.59. The largest absolute Gasteiger partial charge is 0.497 e. The zero-order chi connectivity index (χ0) is 27.6. The van der Waals surface area contributed by atoms with Gasteiger partial charge in [-0.15, -0.1) is 11.8 Å². The molecule has 2 N–H and O–H groups in total. The van der Waals surface area contributed by atoms with Gasteiger partial charge in [0, 0.05) is 21.7 Å². The molecule has 4 aromatic rings. The van der Waals surface area contributed by atoms with Gasteiger partial charge in [-0.1, -0.05) is 48.0 Å². The fraction of sp³-hybridized carbons (Fsp3) is 0.0938. The summed E-state index contributed by atoms with van der Waals surface area (Å²) in [6.07, 6.45) is 1.64. The van der Waals surface area contributed by atoms with Gasteiger partial charge in [0.1, 0.15) is 11.4 Å². The zero-order valence-electron chi connectivity index (χ0n) is 21.6. The van der Waals surface area contributed by atoms with Crippen molar-refractivity contribution in [1.29, 1.82) is 0 Å². The highest BCUT2D eigenvalue weighted by atomic mass is 32.2. The first-order valence-corrected chi connectivity index (χ1v) is 13.3. The van der Waals surface area contributed by atoms with Gasteiger partial charge < -0.3 is 15.4 Å². The van der Waals surface area contributed by atoms with Crippen molar-refractivity contribution in [3.63, 3.8) is 0 Å². The third-order valence-electron chi connectivity index (χ3n) is 5.81. The van der Waals surface area contributed by atoms with Crippen LogP contribution >= 0.6 is 11.8 Å². The Kier molecular flexibility index (Phi) is 9.32. The molecule has 0 bridgehead atoms. The number of nitrogens with one attached hydrogen (secondary N) is 2. The van der Waals surface area contributed by atoms with Gasteiger partial charge in [0.2, 0.25) is 0 Å². The molecule has 2 amide bonds. The molecular weight excluding hydrogens is 508 g/mol. The first kappa shape index (κ1) is 27.4. The van der Waals surface area contributed by atoms with E-state index in [-0.39, 0.29) is 23.1 Å². The van der Waals surface area contributed by atoms with E-state index < -0.39 is 5.91 Å². The van der Waals surface area contributed by atoms with Gasteiger partial charge in [0.15, 0.2) is 5.78 Å². The van der Waals surface area contributed by atoms with Gasteiger partial charge in [0.25, 0.3) is 11.8 Å². The third-order valence-corrected chi connectivity index (χ3v) is 6.82. The Morgan fingerprint density at radius 3 is 2.10 bits per heavy atom. The number of hydrogen-bond acceptors (Lipinski definition) is 5. The Morgan fingerprint density at radius 2 is 1.46 bits per heavy atom. The molecule has 4 aromatic carbocycles. The van der Waals surface area contributed by atoms with Crippen LogP contribution < -0.4 is 15.4 Å². The average Bonchev–Trinajstić information content (AvgIpc) is 2.97. The van der Waals surface area contributed by atoms with Crippen LogP contribution in [0.25, 0.3) is 6.08 Å². The van der Waals surface area contributed by atoms with Gasteiger partial charge in [0.05, 0.1) is 12.9 Å². The molecule has 0 aliphatic heterocycles. The summed E-state index contributed by atoms with van der Waals surface area (Å²) in [6, 6.07) is 30.6. The Bertz CT molecular complexity index is 1460. The van der Waals surface area contributed by atoms with E-state index in [4.69, 9.17) is 4.74 Å². The zero-order valence-corrected chi connectivity index (χ0v) is 22.5. The number of ketones is 1. The van der Waals surface area contributed by atoms with Crippen molar-refractivity contribution < 1.29 is 19.1 Å². The van der Waals surface area contributed by atoms with Crippen molar-refractivity contribution >= 4 is 41.1 Å². The van der Waals surface area contributed by atoms with E-state index in [1.165, 1.54) is 11.8 Å². The molecule has 0 fully saturated rings. The number of anilines is 1. The standard InChI is InChI=1S/C32H28N2O4S/c1-22-8-10-23(11-9-22)20-29(34-31(36)25-6-4-3-5-7-25)32(37)33-26-14-18-28(19-15-26)39-21-30(35)24-12-16-27(38-2)17-13-24/h3-20H,21H2,1-2H3,(H,33,37)(H,34,36)/b29-20-. The minimum Gasteiger partial charge on any atom is -0.497 e. The predicted molar refractivity (Wildman–Crippen MR) is 156 cm³/mol. The topological polar surface area (TPSA) is 84.5 Å². The van der Waals surface area contributed by atoms with Crippen LogP contribution in [0, 0.1) is 6.92 Å². The second-order valence-electron chi connectivity index (χ2n) is 8.71. The van der Waals surface area contributed by atoms with Gasteiger partial charge >= 0.3 is 0 Å². The number of ether oxygens (including phenoxy) is 1. The molecule has 39 heavy (non-hydrogen) atoms. The first-order chi connectivity index (χ1) is 18.9. The molecule has 196 valence electrons. The normalized spacial score (nSPS) is 11.0. The lowest BCUT2D eigenvalue weighted by molar-refractivity contribution is -0.113. The fourth-order valence-corrected chi connectivity index (χ4v) is 4.41. The molecule has 0 saturated carbocycles. The van der Waals surface area contributed by atoms with E-state index >= 15 is 0 Å². The molecule has 0 aliphatic carbocycles. The smallest absolute Gasteiger partial charge is 0.272 e. The molecule has 0 aromatic heterocycles. The number of rotatable bonds is 10. The molecule has 0 aliphatic rings. The van der Waals surface area contributed by atoms with Crippen LogP contribution in [0.15, 0.2) is 114 Å². The highest BCUT2D eigenvalue weighted by Gasteiger charge is 2.15. The van der Waals surface area contributed by atoms with Gasteiger partial charge in [-0.25, -0.2) is 0 Å². The van der Waals surface area contributed by atoms with Crippen molar-refractivity contribution in [3.8, 4) is 5.75 Å². The number of aryl methyl sites for hydroxylation is 1. The van der Waals surface area contributed by atoms with Gasteiger partial charge in [-0.05, 0) is 79.2 Å². The predicted octanol–water partition coefficient (Wildman–Crippen LogP) is 6.39. The van der Waals surface area contributed by atoms with Gasteiger partial charge in [-0.3, -0.25) is 14.4 Å². The minimum atomic E-state index is -0.449.